The highest BCUT2D eigenvalue weighted by molar-refractivity contribution is 5.94. The van der Waals surface area contributed by atoms with E-state index in [0.717, 1.165) is 31.2 Å². The molecule has 1 aromatic carbocycles. The number of carbonyl (C=O) groups excluding carboxylic acids is 2. The fourth-order valence-corrected chi connectivity index (χ4v) is 6.33. The molecule has 6 rings (SSSR count). The van der Waals surface area contributed by atoms with Gasteiger partial charge in [-0.15, -0.1) is 0 Å². The number of amides is 1. The highest BCUT2D eigenvalue weighted by atomic mass is 16.8. The van der Waals surface area contributed by atoms with Crippen molar-refractivity contribution in [1.29, 1.82) is 0 Å². The molecule has 5 aliphatic rings. The summed E-state index contributed by atoms with van der Waals surface area (Å²) in [5.74, 6) is -0.996. The van der Waals surface area contributed by atoms with E-state index in [9.17, 15) is 30.0 Å². The summed E-state index contributed by atoms with van der Waals surface area (Å²) >= 11 is 0. The molecule has 2 heterocycles. The van der Waals surface area contributed by atoms with Crippen LogP contribution in [0.2, 0.25) is 0 Å². The third-order valence-corrected chi connectivity index (χ3v) is 9.02. The molecule has 13 nitrogen and oxygen atoms in total. The lowest BCUT2D eigenvalue weighted by Crippen LogP contribution is -2.59. The van der Waals surface area contributed by atoms with E-state index in [-0.39, 0.29) is 32.1 Å². The van der Waals surface area contributed by atoms with Gasteiger partial charge in [0.2, 0.25) is 5.91 Å². The largest absolute Gasteiger partial charge is 0.456 e. The summed E-state index contributed by atoms with van der Waals surface area (Å²) in [6.07, 6.45) is 0.864. The van der Waals surface area contributed by atoms with Gasteiger partial charge in [-0.1, -0.05) is 24.3 Å². The van der Waals surface area contributed by atoms with Crippen molar-refractivity contribution in [2.24, 2.45) is 11.8 Å². The molecule has 0 bridgehead atoms. The van der Waals surface area contributed by atoms with Crippen molar-refractivity contribution >= 4 is 18.0 Å². The maximum absolute atomic E-state index is 13.3. The van der Waals surface area contributed by atoms with Gasteiger partial charge in [-0.05, 0) is 49.5 Å². The number of hydrogen-bond donors (Lipinski definition) is 6. The van der Waals surface area contributed by atoms with Crippen molar-refractivity contribution in [3.8, 4) is 0 Å². The first-order chi connectivity index (χ1) is 21.7. The third kappa shape index (κ3) is 6.87. The third-order valence-electron chi connectivity index (χ3n) is 9.02. The monoisotopic (exact) mass is 631 g/mol. The lowest BCUT2D eigenvalue weighted by Gasteiger charge is -2.39. The second kappa shape index (κ2) is 13.6. The molecular weight excluding hydrogens is 590 g/mol. The Hall–Kier alpha value is -2.72. The van der Waals surface area contributed by atoms with Gasteiger partial charge in [0.15, 0.2) is 12.1 Å². The zero-order valence-corrected chi connectivity index (χ0v) is 24.8. The van der Waals surface area contributed by atoms with Crippen molar-refractivity contribution in [1.82, 2.24) is 5.32 Å². The standard InChI is InChI=1S/C32H41NO12/c34-12-11-33-29(39)19-14-22(28-23(15-19)44-32(45-28,20-7-8-20)21-9-10-21)42-30(40)18-5-3-17(4-6-18)2-1-13-41-31-27(38)26(37)25(36)24(16-35)43-31/h1-6,15,20-28,31,34-38H,7-14,16H2,(H,33,39). The number of esters is 1. The van der Waals surface area contributed by atoms with Crippen LogP contribution in [0.4, 0.5) is 0 Å². The van der Waals surface area contributed by atoms with Crippen molar-refractivity contribution in [2.45, 2.75) is 86.9 Å². The van der Waals surface area contributed by atoms with Gasteiger partial charge in [0.1, 0.15) is 42.7 Å². The number of aliphatic hydroxyl groups excluding tert-OH is 5. The summed E-state index contributed by atoms with van der Waals surface area (Å²) in [6.45, 7) is -0.617. The van der Waals surface area contributed by atoms with Crippen LogP contribution < -0.4 is 5.32 Å². The minimum atomic E-state index is -1.52. The predicted molar refractivity (Wildman–Crippen MR) is 155 cm³/mol. The number of carbonyl (C=O) groups is 2. The maximum atomic E-state index is 13.3. The lowest BCUT2D eigenvalue weighted by molar-refractivity contribution is -0.298. The van der Waals surface area contributed by atoms with Gasteiger partial charge in [0, 0.05) is 30.4 Å². The number of benzene rings is 1. The number of aliphatic hydroxyl groups is 5. The Bertz CT molecular complexity index is 1260. The van der Waals surface area contributed by atoms with Crippen LogP contribution in [-0.4, -0.2) is 119 Å². The Morgan fingerprint density at radius 2 is 1.69 bits per heavy atom. The Balaban J connectivity index is 1.07. The van der Waals surface area contributed by atoms with Crippen LogP contribution in [0, 0.1) is 11.8 Å². The Morgan fingerprint density at radius 3 is 2.33 bits per heavy atom. The number of fused-ring (bicyclic) bond motifs is 1. The smallest absolute Gasteiger partial charge is 0.338 e. The summed E-state index contributed by atoms with van der Waals surface area (Å²) in [4.78, 5) is 26.1. The number of rotatable bonds is 12. The first-order valence-corrected chi connectivity index (χ1v) is 15.6. The second-order valence-electron chi connectivity index (χ2n) is 12.3. The lowest BCUT2D eigenvalue weighted by atomic mass is 9.91. The van der Waals surface area contributed by atoms with E-state index >= 15 is 0 Å². The number of nitrogens with one attached hydrogen (secondary N) is 1. The van der Waals surface area contributed by atoms with E-state index in [1.165, 1.54) is 0 Å². The fraction of sp³-hybridized carbons (Fsp3) is 0.625. The number of hydrogen-bond acceptors (Lipinski definition) is 12. The molecule has 1 amide bonds. The molecule has 2 saturated carbocycles. The molecule has 0 aromatic heterocycles. The van der Waals surface area contributed by atoms with Gasteiger partial charge in [0.25, 0.3) is 0 Å². The van der Waals surface area contributed by atoms with E-state index in [4.69, 9.17) is 28.8 Å². The Labute approximate surface area is 260 Å². The van der Waals surface area contributed by atoms with Gasteiger partial charge in [0.05, 0.1) is 25.4 Å². The minimum absolute atomic E-state index is 0.00370. The van der Waals surface area contributed by atoms with Crippen LogP contribution in [0.5, 0.6) is 0 Å². The first kappa shape index (κ1) is 32.2. The van der Waals surface area contributed by atoms with Gasteiger partial charge in [-0.2, -0.15) is 0 Å². The van der Waals surface area contributed by atoms with Gasteiger partial charge in [-0.25, -0.2) is 4.79 Å². The summed E-state index contributed by atoms with van der Waals surface area (Å²) in [5, 5.41) is 51.0. The zero-order chi connectivity index (χ0) is 31.7. The highest BCUT2D eigenvalue weighted by Gasteiger charge is 2.64. The minimum Gasteiger partial charge on any atom is -0.456 e. The average molecular weight is 632 g/mol. The van der Waals surface area contributed by atoms with E-state index < -0.39 is 67.4 Å². The molecule has 8 atom stereocenters. The summed E-state index contributed by atoms with van der Waals surface area (Å²) in [7, 11) is 0. The molecule has 4 fully saturated rings. The van der Waals surface area contributed by atoms with Crippen LogP contribution in [0.1, 0.15) is 48.0 Å². The normalized spacial score (nSPS) is 34.3. The molecule has 6 N–H and O–H groups in total. The molecule has 1 aromatic rings. The van der Waals surface area contributed by atoms with Crippen LogP contribution in [0.3, 0.4) is 0 Å². The molecule has 2 aliphatic heterocycles. The van der Waals surface area contributed by atoms with Gasteiger partial charge < -0.3 is 54.5 Å². The maximum Gasteiger partial charge on any atom is 0.338 e. The van der Waals surface area contributed by atoms with Crippen molar-refractivity contribution in [2.75, 3.05) is 26.4 Å². The van der Waals surface area contributed by atoms with Crippen molar-refractivity contribution in [3.05, 3.63) is 53.1 Å². The molecule has 246 valence electrons. The first-order valence-electron chi connectivity index (χ1n) is 15.6. The van der Waals surface area contributed by atoms with E-state index in [1.54, 1.807) is 42.5 Å². The van der Waals surface area contributed by atoms with E-state index in [2.05, 4.69) is 5.32 Å². The molecule has 2 saturated heterocycles. The highest BCUT2D eigenvalue weighted by Crippen LogP contribution is 2.59. The zero-order valence-electron chi connectivity index (χ0n) is 24.8. The fourth-order valence-electron chi connectivity index (χ4n) is 6.33. The summed E-state index contributed by atoms with van der Waals surface area (Å²) in [6, 6.07) is 6.68. The van der Waals surface area contributed by atoms with E-state index in [1.807, 2.05) is 0 Å². The van der Waals surface area contributed by atoms with E-state index in [0.29, 0.717) is 23.0 Å². The number of ether oxygens (including phenoxy) is 5. The Kier molecular flexibility index (Phi) is 9.71. The van der Waals surface area contributed by atoms with Gasteiger partial charge in [-0.3, -0.25) is 4.79 Å². The van der Waals surface area contributed by atoms with Gasteiger partial charge >= 0.3 is 5.97 Å². The quantitative estimate of drug-likeness (QED) is 0.166. The average Bonchev–Trinajstić information content (AvgIpc) is 3.99. The Morgan fingerprint density at radius 1 is 0.978 bits per heavy atom. The predicted octanol–water partition coefficient (Wildman–Crippen LogP) is -0.219. The summed E-state index contributed by atoms with van der Waals surface area (Å²) < 4.78 is 29.9. The topological polar surface area (TPSA) is 193 Å². The molecule has 3 aliphatic carbocycles. The molecule has 45 heavy (non-hydrogen) atoms. The molecule has 13 heteroatoms. The second-order valence-corrected chi connectivity index (χ2v) is 12.3. The van der Waals surface area contributed by atoms with Crippen LogP contribution in [-0.2, 0) is 28.5 Å². The molecule has 0 spiro atoms. The van der Waals surface area contributed by atoms with Crippen LogP contribution in [0.15, 0.2) is 42.0 Å². The van der Waals surface area contributed by atoms with Crippen LogP contribution >= 0.6 is 0 Å². The molecule has 0 radical (unpaired) electrons. The summed E-state index contributed by atoms with van der Waals surface area (Å²) in [5.41, 5.74) is 1.50. The van der Waals surface area contributed by atoms with Crippen molar-refractivity contribution < 1.29 is 58.8 Å². The SMILES string of the molecule is O=C(NCCO)C1=CC2OC(C3CC3)(C3CC3)OC2C(OC(=O)c2ccc(C=CCOC3OC(CO)C(O)C(O)C3O)cc2)C1. The molecule has 8 unspecified atom stereocenters. The molecular formula is C32H41NO12. The van der Waals surface area contributed by atoms with Crippen LogP contribution in [0.25, 0.3) is 6.08 Å². The van der Waals surface area contributed by atoms with Crippen molar-refractivity contribution in [3.63, 3.8) is 0 Å².